The van der Waals surface area contributed by atoms with Crippen LogP contribution in [0.3, 0.4) is 0 Å². The first-order valence-electron chi connectivity index (χ1n) is 8.03. The molecule has 0 amide bonds. The van der Waals surface area contributed by atoms with E-state index in [1.165, 1.54) is 56.7 Å². The highest BCUT2D eigenvalue weighted by molar-refractivity contribution is 5.56. The minimum atomic E-state index is 0.588. The van der Waals surface area contributed by atoms with E-state index in [1.807, 2.05) is 0 Å². The predicted octanol–water partition coefficient (Wildman–Crippen LogP) is 2.44. The topological polar surface area (TPSA) is 18.5 Å². The van der Waals surface area contributed by atoms with Crippen LogP contribution in [0.2, 0.25) is 0 Å². The SMILES string of the molecule is CCC1CN(C)CCCN1CC1Cc2ccccc2N1. The second-order valence-electron chi connectivity index (χ2n) is 6.38. The molecule has 2 unspecified atom stereocenters. The number of para-hydroxylation sites is 1. The Bertz CT molecular complexity index is 421. The van der Waals surface area contributed by atoms with Crippen LogP contribution in [-0.2, 0) is 6.42 Å². The van der Waals surface area contributed by atoms with Gasteiger partial charge in [-0.25, -0.2) is 0 Å². The molecule has 3 rings (SSSR count). The van der Waals surface area contributed by atoms with Crippen molar-refractivity contribution in [2.75, 3.05) is 38.5 Å². The average molecular weight is 273 g/mol. The van der Waals surface area contributed by atoms with E-state index in [0.29, 0.717) is 12.1 Å². The predicted molar refractivity (Wildman–Crippen MR) is 85.3 cm³/mol. The van der Waals surface area contributed by atoms with E-state index in [0.717, 1.165) is 0 Å². The van der Waals surface area contributed by atoms with Gasteiger partial charge in [0.25, 0.3) is 0 Å². The van der Waals surface area contributed by atoms with E-state index in [2.05, 4.69) is 53.4 Å². The van der Waals surface area contributed by atoms with Crippen LogP contribution in [0.4, 0.5) is 5.69 Å². The van der Waals surface area contributed by atoms with Crippen molar-refractivity contribution in [1.82, 2.24) is 9.80 Å². The lowest BCUT2D eigenvalue weighted by molar-refractivity contribution is 0.177. The Labute approximate surface area is 123 Å². The molecule has 2 heterocycles. The van der Waals surface area contributed by atoms with Crippen molar-refractivity contribution >= 4 is 5.69 Å². The van der Waals surface area contributed by atoms with E-state index in [9.17, 15) is 0 Å². The number of rotatable bonds is 3. The van der Waals surface area contributed by atoms with E-state index >= 15 is 0 Å². The molecular weight excluding hydrogens is 246 g/mol. The van der Waals surface area contributed by atoms with Gasteiger partial charge in [0.15, 0.2) is 0 Å². The summed E-state index contributed by atoms with van der Waals surface area (Å²) in [5, 5.41) is 3.70. The van der Waals surface area contributed by atoms with E-state index in [4.69, 9.17) is 0 Å². The van der Waals surface area contributed by atoms with Gasteiger partial charge < -0.3 is 10.2 Å². The van der Waals surface area contributed by atoms with Gasteiger partial charge in [-0.1, -0.05) is 25.1 Å². The summed E-state index contributed by atoms with van der Waals surface area (Å²) in [5.74, 6) is 0. The molecule has 110 valence electrons. The Kier molecular flexibility index (Phi) is 4.27. The average Bonchev–Trinajstić information content (AvgIpc) is 2.77. The molecule has 0 saturated carbocycles. The van der Waals surface area contributed by atoms with Crippen LogP contribution < -0.4 is 5.32 Å². The smallest absolute Gasteiger partial charge is 0.0429 e. The van der Waals surface area contributed by atoms with Crippen LogP contribution in [0.5, 0.6) is 0 Å². The monoisotopic (exact) mass is 273 g/mol. The molecule has 2 aliphatic heterocycles. The Morgan fingerprint density at radius 3 is 2.90 bits per heavy atom. The van der Waals surface area contributed by atoms with Crippen molar-refractivity contribution in [3.8, 4) is 0 Å². The zero-order valence-electron chi connectivity index (χ0n) is 12.8. The summed E-state index contributed by atoms with van der Waals surface area (Å²) in [6.07, 6.45) is 3.73. The minimum absolute atomic E-state index is 0.588. The number of benzene rings is 1. The van der Waals surface area contributed by atoms with Crippen molar-refractivity contribution in [3.63, 3.8) is 0 Å². The molecule has 1 aromatic carbocycles. The van der Waals surface area contributed by atoms with Gasteiger partial charge in [0.2, 0.25) is 0 Å². The van der Waals surface area contributed by atoms with Crippen LogP contribution in [0.1, 0.15) is 25.3 Å². The summed E-state index contributed by atoms with van der Waals surface area (Å²) in [6.45, 7) is 7.22. The molecule has 1 aromatic rings. The van der Waals surface area contributed by atoms with E-state index in [-0.39, 0.29) is 0 Å². The zero-order valence-corrected chi connectivity index (χ0v) is 12.8. The first kappa shape index (κ1) is 13.9. The number of nitrogens with zero attached hydrogens (tertiary/aromatic N) is 2. The number of hydrogen-bond donors (Lipinski definition) is 1. The van der Waals surface area contributed by atoms with Crippen molar-refractivity contribution < 1.29 is 0 Å². The van der Waals surface area contributed by atoms with E-state index < -0.39 is 0 Å². The van der Waals surface area contributed by atoms with Crippen molar-refractivity contribution in [3.05, 3.63) is 29.8 Å². The largest absolute Gasteiger partial charge is 0.380 e. The molecule has 0 aliphatic carbocycles. The third-order valence-electron chi connectivity index (χ3n) is 4.79. The molecule has 3 nitrogen and oxygen atoms in total. The summed E-state index contributed by atoms with van der Waals surface area (Å²) in [4.78, 5) is 5.21. The Morgan fingerprint density at radius 2 is 2.10 bits per heavy atom. The second kappa shape index (κ2) is 6.15. The molecule has 2 atom stereocenters. The van der Waals surface area contributed by atoms with Gasteiger partial charge in [0.1, 0.15) is 0 Å². The second-order valence-corrected chi connectivity index (χ2v) is 6.38. The fourth-order valence-corrected chi connectivity index (χ4v) is 3.69. The van der Waals surface area contributed by atoms with Crippen molar-refractivity contribution in [1.29, 1.82) is 0 Å². The van der Waals surface area contributed by atoms with Crippen molar-refractivity contribution in [2.24, 2.45) is 0 Å². The fourth-order valence-electron chi connectivity index (χ4n) is 3.69. The first-order chi connectivity index (χ1) is 9.76. The van der Waals surface area contributed by atoms with Crippen LogP contribution in [0, 0.1) is 0 Å². The molecule has 0 radical (unpaired) electrons. The molecule has 20 heavy (non-hydrogen) atoms. The number of hydrogen-bond acceptors (Lipinski definition) is 3. The summed E-state index contributed by atoms with van der Waals surface area (Å²) in [7, 11) is 2.26. The maximum Gasteiger partial charge on any atom is 0.0429 e. The Hall–Kier alpha value is -1.06. The molecular formula is C17H27N3. The number of nitrogens with one attached hydrogen (secondary N) is 1. The summed E-state index contributed by atoms with van der Waals surface area (Å²) in [6, 6.07) is 10.1. The van der Waals surface area contributed by atoms with Gasteiger partial charge in [0, 0.05) is 30.9 Å². The zero-order chi connectivity index (χ0) is 13.9. The van der Waals surface area contributed by atoms with Gasteiger partial charge in [-0.3, -0.25) is 4.90 Å². The third-order valence-corrected chi connectivity index (χ3v) is 4.79. The van der Waals surface area contributed by atoms with Gasteiger partial charge in [-0.2, -0.15) is 0 Å². The highest BCUT2D eigenvalue weighted by Crippen LogP contribution is 2.26. The summed E-state index contributed by atoms with van der Waals surface area (Å²) in [5.41, 5.74) is 2.83. The van der Waals surface area contributed by atoms with Crippen LogP contribution in [-0.4, -0.2) is 55.1 Å². The molecule has 0 aromatic heterocycles. The third kappa shape index (κ3) is 2.99. The summed E-state index contributed by atoms with van der Waals surface area (Å²) < 4.78 is 0. The highest BCUT2D eigenvalue weighted by Gasteiger charge is 2.27. The van der Waals surface area contributed by atoms with Crippen LogP contribution in [0.25, 0.3) is 0 Å². The normalized spacial score (nSPS) is 27.9. The van der Waals surface area contributed by atoms with Gasteiger partial charge >= 0.3 is 0 Å². The maximum atomic E-state index is 3.70. The summed E-state index contributed by atoms with van der Waals surface area (Å²) >= 11 is 0. The van der Waals surface area contributed by atoms with Gasteiger partial charge in [0.05, 0.1) is 0 Å². The van der Waals surface area contributed by atoms with E-state index in [1.54, 1.807) is 0 Å². The molecule has 3 heteroatoms. The lowest BCUT2D eigenvalue weighted by Gasteiger charge is -2.32. The lowest BCUT2D eigenvalue weighted by atomic mass is 10.1. The number of anilines is 1. The minimum Gasteiger partial charge on any atom is -0.380 e. The fraction of sp³-hybridized carbons (Fsp3) is 0.647. The molecule has 1 fully saturated rings. The maximum absolute atomic E-state index is 3.70. The standard InChI is InChI=1S/C17H27N3/c1-3-16-13-19(2)9-6-10-20(16)12-15-11-14-7-4-5-8-17(14)18-15/h4-5,7-8,15-16,18H,3,6,9-13H2,1-2H3. The van der Waals surface area contributed by atoms with Crippen LogP contribution >= 0.6 is 0 Å². The lowest BCUT2D eigenvalue weighted by Crippen LogP contribution is -2.44. The molecule has 1 saturated heterocycles. The van der Waals surface area contributed by atoms with Crippen molar-refractivity contribution in [2.45, 2.75) is 38.3 Å². The number of likely N-dealkylation sites (N-methyl/N-ethyl adjacent to an activating group) is 1. The van der Waals surface area contributed by atoms with Crippen LogP contribution in [0.15, 0.2) is 24.3 Å². The number of fused-ring (bicyclic) bond motifs is 1. The Morgan fingerprint density at radius 1 is 1.25 bits per heavy atom. The van der Waals surface area contributed by atoms with Gasteiger partial charge in [-0.05, 0) is 51.0 Å². The molecule has 0 spiro atoms. The Balaban J connectivity index is 1.63. The van der Waals surface area contributed by atoms with Gasteiger partial charge in [-0.15, -0.1) is 0 Å². The quantitative estimate of drug-likeness (QED) is 0.912. The molecule has 0 bridgehead atoms. The first-order valence-corrected chi connectivity index (χ1v) is 8.03. The molecule has 1 N–H and O–H groups in total. The molecule has 2 aliphatic rings. The highest BCUT2D eigenvalue weighted by atomic mass is 15.2.